The third kappa shape index (κ3) is 5.37. The van der Waals surface area contributed by atoms with Crippen LogP contribution in [0.25, 0.3) is 11.1 Å². The number of hydrogen-bond acceptors (Lipinski definition) is 6. The van der Waals surface area contributed by atoms with E-state index < -0.39 is 0 Å². The van der Waals surface area contributed by atoms with Gasteiger partial charge in [-0.05, 0) is 53.3 Å². The number of para-hydroxylation sites is 2. The molecule has 1 fully saturated rings. The number of thioether (sulfide) groups is 1. The molecule has 2 aromatic carbocycles. The minimum Gasteiger partial charge on any atom is -0.496 e. The number of ether oxygens (including phenoxy) is 1. The first kappa shape index (κ1) is 23.7. The van der Waals surface area contributed by atoms with Crippen molar-refractivity contribution in [3.8, 4) is 5.75 Å². The highest BCUT2D eigenvalue weighted by atomic mass is 35.5. The summed E-state index contributed by atoms with van der Waals surface area (Å²) in [5, 5.41) is 4.73. The smallest absolute Gasteiger partial charge is 0.257 e. The Labute approximate surface area is 206 Å². The van der Waals surface area contributed by atoms with Crippen molar-refractivity contribution in [2.45, 2.75) is 24.8 Å². The van der Waals surface area contributed by atoms with Gasteiger partial charge in [0.05, 0.1) is 19.2 Å². The minimum absolute atomic E-state index is 0.00540. The molecule has 0 aliphatic heterocycles. The molecule has 9 heteroatoms. The van der Waals surface area contributed by atoms with Gasteiger partial charge in [-0.2, -0.15) is 5.10 Å². The van der Waals surface area contributed by atoms with Crippen LogP contribution in [0.2, 0.25) is 0 Å². The Bertz CT molecular complexity index is 1200. The number of oxazole rings is 1. The average molecular weight is 504 g/mol. The lowest BCUT2D eigenvalue weighted by Gasteiger charge is -2.08. The van der Waals surface area contributed by atoms with E-state index in [1.165, 1.54) is 11.8 Å². The number of allylic oxidation sites excluding steroid dienone is 1. The van der Waals surface area contributed by atoms with E-state index >= 15 is 0 Å². The number of rotatable bonds is 8. The number of amides is 1. The van der Waals surface area contributed by atoms with Crippen LogP contribution in [0, 0.1) is 17.3 Å². The molecule has 3 aromatic rings. The highest BCUT2D eigenvalue weighted by molar-refractivity contribution is 7.98. The molecule has 1 aliphatic carbocycles. The third-order valence-electron chi connectivity index (χ3n) is 5.82. The van der Waals surface area contributed by atoms with Crippen LogP contribution >= 0.6 is 35.0 Å². The molecule has 0 saturated heterocycles. The van der Waals surface area contributed by atoms with Crippen LogP contribution in [0.15, 0.2) is 67.8 Å². The molecule has 1 saturated carbocycles. The summed E-state index contributed by atoms with van der Waals surface area (Å²) in [7, 11) is 1.63. The monoisotopic (exact) mass is 503 g/mol. The minimum atomic E-state index is -0.221. The Morgan fingerprint density at radius 3 is 2.82 bits per heavy atom. The Balaban J connectivity index is 1.40. The molecule has 1 amide bonds. The summed E-state index contributed by atoms with van der Waals surface area (Å²) < 4.78 is 11.4. The molecule has 0 spiro atoms. The second-order valence-corrected chi connectivity index (χ2v) is 10.3. The van der Waals surface area contributed by atoms with Crippen LogP contribution < -0.4 is 10.2 Å². The van der Waals surface area contributed by atoms with Crippen LogP contribution in [0.5, 0.6) is 5.75 Å². The number of halogens is 2. The van der Waals surface area contributed by atoms with Crippen molar-refractivity contribution in [1.82, 2.24) is 10.4 Å². The van der Waals surface area contributed by atoms with Crippen molar-refractivity contribution in [3.05, 3.63) is 64.2 Å². The third-order valence-corrected chi connectivity index (χ3v) is 6.95. The standard InChI is InChI=1S/C24H23Cl2N3O3S/c1-24(2)16(11-20(25)26)21(24)22(30)29-27-12-14-8-9-18(31-3)15(10-14)13-33-23-28-17-6-4-5-7-19(17)32-23/h4-12,16,21H,13H2,1-3H3,(H,29,30). The van der Waals surface area contributed by atoms with Crippen molar-refractivity contribution >= 4 is 58.2 Å². The van der Waals surface area contributed by atoms with Gasteiger partial charge in [0.25, 0.3) is 5.22 Å². The number of fused-ring (bicyclic) bond motifs is 1. The van der Waals surface area contributed by atoms with E-state index in [4.69, 9.17) is 32.4 Å². The zero-order valence-corrected chi connectivity index (χ0v) is 20.7. The molecule has 1 N–H and O–H groups in total. The van der Waals surface area contributed by atoms with Crippen LogP contribution in [-0.4, -0.2) is 24.2 Å². The molecule has 0 radical (unpaired) electrons. The van der Waals surface area contributed by atoms with E-state index in [1.807, 2.05) is 56.3 Å². The molecule has 1 aromatic heterocycles. The first-order valence-electron chi connectivity index (χ1n) is 10.3. The van der Waals surface area contributed by atoms with Gasteiger partial charge in [-0.1, -0.05) is 60.9 Å². The Morgan fingerprint density at radius 2 is 2.09 bits per heavy atom. The van der Waals surface area contributed by atoms with Crippen molar-refractivity contribution in [3.63, 3.8) is 0 Å². The molecule has 2 unspecified atom stereocenters. The van der Waals surface area contributed by atoms with E-state index in [0.29, 0.717) is 11.0 Å². The van der Waals surface area contributed by atoms with Gasteiger partial charge in [0, 0.05) is 11.3 Å². The molecule has 1 aliphatic rings. The lowest BCUT2D eigenvalue weighted by molar-refractivity contribution is -0.123. The highest BCUT2D eigenvalue weighted by Crippen LogP contribution is 2.59. The van der Waals surface area contributed by atoms with Crippen molar-refractivity contribution < 1.29 is 13.9 Å². The van der Waals surface area contributed by atoms with Crippen molar-refractivity contribution in [1.29, 1.82) is 0 Å². The topological polar surface area (TPSA) is 76.7 Å². The van der Waals surface area contributed by atoms with Crippen LogP contribution in [-0.2, 0) is 10.5 Å². The molecule has 0 bridgehead atoms. The zero-order chi connectivity index (χ0) is 23.6. The largest absolute Gasteiger partial charge is 0.496 e. The zero-order valence-electron chi connectivity index (χ0n) is 18.3. The fraction of sp³-hybridized carbons (Fsp3) is 0.292. The van der Waals surface area contributed by atoms with Crippen LogP contribution in [0.1, 0.15) is 25.0 Å². The number of nitrogens with one attached hydrogen (secondary N) is 1. The first-order valence-corrected chi connectivity index (χ1v) is 12.0. The van der Waals surface area contributed by atoms with Gasteiger partial charge >= 0.3 is 0 Å². The molecule has 1 heterocycles. The average Bonchev–Trinajstić information content (AvgIpc) is 3.11. The number of carbonyl (C=O) groups excluding carboxylic acids is 1. The fourth-order valence-electron chi connectivity index (χ4n) is 3.91. The molecule has 172 valence electrons. The highest BCUT2D eigenvalue weighted by Gasteiger charge is 2.60. The number of benzene rings is 2. The summed E-state index contributed by atoms with van der Waals surface area (Å²) in [5.41, 5.74) is 5.80. The summed E-state index contributed by atoms with van der Waals surface area (Å²) in [6.45, 7) is 4.01. The summed E-state index contributed by atoms with van der Waals surface area (Å²) in [5.74, 6) is 0.975. The first-order chi connectivity index (χ1) is 15.8. The van der Waals surface area contributed by atoms with Gasteiger partial charge in [0.1, 0.15) is 15.8 Å². The number of aromatic nitrogens is 1. The Morgan fingerprint density at radius 1 is 1.30 bits per heavy atom. The van der Waals surface area contributed by atoms with Gasteiger partial charge in [-0.25, -0.2) is 10.4 Å². The molecule has 33 heavy (non-hydrogen) atoms. The maximum Gasteiger partial charge on any atom is 0.257 e. The van der Waals surface area contributed by atoms with Gasteiger partial charge in [0.15, 0.2) is 5.58 Å². The van der Waals surface area contributed by atoms with Gasteiger partial charge < -0.3 is 9.15 Å². The summed E-state index contributed by atoms with van der Waals surface area (Å²) in [6, 6.07) is 13.4. The maximum atomic E-state index is 12.5. The second-order valence-electron chi connectivity index (χ2n) is 8.32. The van der Waals surface area contributed by atoms with E-state index in [1.54, 1.807) is 19.4 Å². The normalized spacial score (nSPS) is 18.9. The number of carbonyl (C=O) groups is 1. The lowest BCUT2D eigenvalue weighted by Crippen LogP contribution is -2.21. The maximum absolute atomic E-state index is 12.5. The number of methoxy groups -OCH3 is 1. The molecular formula is C24H23Cl2N3O3S. The summed E-state index contributed by atoms with van der Waals surface area (Å²) in [4.78, 5) is 17.0. The van der Waals surface area contributed by atoms with Gasteiger partial charge in [-0.15, -0.1) is 0 Å². The summed E-state index contributed by atoms with van der Waals surface area (Å²) in [6.07, 6.45) is 3.32. The van der Waals surface area contributed by atoms with E-state index in [0.717, 1.165) is 28.0 Å². The number of hydrazone groups is 1. The molecule has 2 atom stereocenters. The van der Waals surface area contributed by atoms with Gasteiger partial charge in [0.2, 0.25) is 5.91 Å². The molecule has 4 rings (SSSR count). The molecular weight excluding hydrogens is 481 g/mol. The lowest BCUT2D eigenvalue weighted by atomic mass is 10.1. The number of nitrogens with zero attached hydrogens (tertiary/aromatic N) is 2. The number of hydrogen-bond donors (Lipinski definition) is 1. The Kier molecular flexibility index (Phi) is 7.02. The van der Waals surface area contributed by atoms with E-state index in [9.17, 15) is 4.79 Å². The van der Waals surface area contributed by atoms with Crippen LogP contribution in [0.4, 0.5) is 0 Å². The van der Waals surface area contributed by atoms with E-state index in [-0.39, 0.29) is 27.6 Å². The predicted octanol–water partition coefficient (Wildman–Crippen LogP) is 6.17. The van der Waals surface area contributed by atoms with E-state index in [2.05, 4.69) is 15.5 Å². The molecule has 6 nitrogen and oxygen atoms in total. The predicted molar refractivity (Wildman–Crippen MR) is 133 cm³/mol. The quantitative estimate of drug-likeness (QED) is 0.226. The van der Waals surface area contributed by atoms with Crippen molar-refractivity contribution in [2.24, 2.45) is 22.4 Å². The van der Waals surface area contributed by atoms with Crippen LogP contribution in [0.3, 0.4) is 0 Å². The second kappa shape index (κ2) is 9.79. The van der Waals surface area contributed by atoms with Crippen molar-refractivity contribution in [2.75, 3.05) is 7.11 Å². The SMILES string of the molecule is COc1ccc(C=NNC(=O)C2C(C=C(Cl)Cl)C2(C)C)cc1CSc1nc2ccccc2o1. The fourth-order valence-corrected chi connectivity index (χ4v) is 5.00. The summed E-state index contributed by atoms with van der Waals surface area (Å²) >= 11 is 13.0. The van der Waals surface area contributed by atoms with Gasteiger partial charge in [-0.3, -0.25) is 4.79 Å². The Hall–Kier alpha value is -2.48.